The first-order chi connectivity index (χ1) is 11.8. The van der Waals surface area contributed by atoms with E-state index in [2.05, 4.69) is 48.3 Å². The Morgan fingerprint density at radius 3 is 2.36 bits per heavy atom. The lowest BCUT2D eigenvalue weighted by atomic mass is 9.87. The van der Waals surface area contributed by atoms with Crippen molar-refractivity contribution in [3.63, 3.8) is 0 Å². The zero-order valence-electron chi connectivity index (χ0n) is 15.2. The molecule has 0 saturated heterocycles. The van der Waals surface area contributed by atoms with Crippen molar-refractivity contribution in [2.75, 3.05) is 5.84 Å². The van der Waals surface area contributed by atoms with E-state index in [4.69, 9.17) is 10.4 Å². The Morgan fingerprint density at radius 1 is 1.12 bits per heavy atom. The number of nitrogens with two attached hydrogens (primary N) is 1. The second-order valence-electron chi connectivity index (χ2n) is 7.09. The number of aryl methyl sites for hydroxylation is 2. The van der Waals surface area contributed by atoms with Crippen LogP contribution in [0.15, 0.2) is 33.9 Å². The van der Waals surface area contributed by atoms with Gasteiger partial charge in [-0.15, -0.1) is 10.2 Å². The van der Waals surface area contributed by atoms with Gasteiger partial charge < -0.3 is 10.4 Å². The highest BCUT2D eigenvalue weighted by Crippen LogP contribution is 2.28. The van der Waals surface area contributed by atoms with Crippen LogP contribution in [0.4, 0.5) is 0 Å². The molecule has 2 aromatic heterocycles. The minimum Gasteiger partial charge on any atom is -0.361 e. The molecule has 0 radical (unpaired) electrons. The molecule has 0 aliphatic heterocycles. The van der Waals surface area contributed by atoms with Crippen LogP contribution in [-0.4, -0.2) is 20.0 Å². The van der Waals surface area contributed by atoms with Crippen LogP contribution in [0.3, 0.4) is 0 Å². The molecular formula is C18H23N5OS. The minimum atomic E-state index is 0.115. The average Bonchev–Trinajstić information content (AvgIpc) is 3.08. The number of rotatable bonds is 4. The molecule has 7 heteroatoms. The number of nitrogen functional groups attached to an aromatic ring is 1. The van der Waals surface area contributed by atoms with E-state index in [1.807, 2.05) is 26.0 Å². The predicted octanol–water partition coefficient (Wildman–Crippen LogP) is 3.85. The van der Waals surface area contributed by atoms with Gasteiger partial charge in [-0.3, -0.25) is 0 Å². The maximum atomic E-state index is 6.21. The van der Waals surface area contributed by atoms with Gasteiger partial charge in [0, 0.05) is 16.9 Å². The van der Waals surface area contributed by atoms with E-state index in [0.717, 1.165) is 22.6 Å². The lowest BCUT2D eigenvalue weighted by Crippen LogP contribution is -2.12. The Labute approximate surface area is 151 Å². The van der Waals surface area contributed by atoms with Gasteiger partial charge in [0.05, 0.1) is 5.69 Å². The molecule has 2 N–H and O–H groups in total. The number of aromatic nitrogens is 4. The molecule has 0 bridgehead atoms. The van der Waals surface area contributed by atoms with Crippen LogP contribution in [0.5, 0.6) is 0 Å². The molecule has 2 heterocycles. The van der Waals surface area contributed by atoms with E-state index in [-0.39, 0.29) is 5.41 Å². The SMILES string of the molecule is Cc1noc(C)c1CSc1nnc(-c2ccc(C(C)(C)C)cc2)n1N. The summed E-state index contributed by atoms with van der Waals surface area (Å²) in [5.41, 5.74) is 4.30. The Bertz CT molecular complexity index is 855. The zero-order valence-corrected chi connectivity index (χ0v) is 16.0. The van der Waals surface area contributed by atoms with Gasteiger partial charge in [-0.1, -0.05) is 62.0 Å². The molecule has 3 aromatic rings. The van der Waals surface area contributed by atoms with E-state index in [0.29, 0.717) is 16.7 Å². The van der Waals surface area contributed by atoms with Crippen LogP contribution in [0, 0.1) is 13.8 Å². The van der Waals surface area contributed by atoms with Crippen LogP contribution in [-0.2, 0) is 11.2 Å². The fraction of sp³-hybridized carbons (Fsp3) is 0.389. The van der Waals surface area contributed by atoms with Gasteiger partial charge in [-0.25, -0.2) is 4.68 Å². The molecule has 0 fully saturated rings. The third kappa shape index (κ3) is 3.56. The van der Waals surface area contributed by atoms with Crippen LogP contribution in [0.2, 0.25) is 0 Å². The molecule has 0 saturated carbocycles. The Balaban J connectivity index is 1.79. The second kappa shape index (κ2) is 6.55. The molecule has 1 aromatic carbocycles. The third-order valence-corrected chi connectivity index (χ3v) is 5.17. The molecule has 132 valence electrons. The smallest absolute Gasteiger partial charge is 0.210 e. The van der Waals surface area contributed by atoms with Gasteiger partial charge in [0.2, 0.25) is 5.16 Å². The van der Waals surface area contributed by atoms with Gasteiger partial charge in [0.15, 0.2) is 5.82 Å². The molecule has 0 aliphatic carbocycles. The lowest BCUT2D eigenvalue weighted by molar-refractivity contribution is 0.392. The van der Waals surface area contributed by atoms with E-state index >= 15 is 0 Å². The summed E-state index contributed by atoms with van der Waals surface area (Å²) < 4.78 is 6.73. The highest BCUT2D eigenvalue weighted by atomic mass is 32.2. The second-order valence-corrected chi connectivity index (χ2v) is 8.04. The highest BCUT2D eigenvalue weighted by molar-refractivity contribution is 7.98. The maximum absolute atomic E-state index is 6.21. The first-order valence-electron chi connectivity index (χ1n) is 8.13. The van der Waals surface area contributed by atoms with Crippen molar-refractivity contribution in [2.45, 2.75) is 50.9 Å². The van der Waals surface area contributed by atoms with Crippen molar-refractivity contribution in [3.8, 4) is 11.4 Å². The molecule has 0 amide bonds. The van der Waals surface area contributed by atoms with Gasteiger partial charge >= 0.3 is 0 Å². The van der Waals surface area contributed by atoms with Gasteiger partial charge in [0.1, 0.15) is 5.76 Å². The third-order valence-electron chi connectivity index (χ3n) is 4.20. The van der Waals surface area contributed by atoms with Crippen LogP contribution in [0.25, 0.3) is 11.4 Å². The topological polar surface area (TPSA) is 82.8 Å². The van der Waals surface area contributed by atoms with Crippen molar-refractivity contribution < 1.29 is 4.52 Å². The van der Waals surface area contributed by atoms with Crippen molar-refractivity contribution in [3.05, 3.63) is 46.8 Å². The van der Waals surface area contributed by atoms with Crippen molar-refractivity contribution in [1.29, 1.82) is 0 Å². The number of hydrogen-bond donors (Lipinski definition) is 1. The fourth-order valence-corrected chi connectivity index (χ4v) is 3.55. The number of thioether (sulfide) groups is 1. The van der Waals surface area contributed by atoms with E-state index in [1.165, 1.54) is 22.0 Å². The maximum Gasteiger partial charge on any atom is 0.210 e. The summed E-state index contributed by atoms with van der Waals surface area (Å²) in [5.74, 6) is 8.38. The summed E-state index contributed by atoms with van der Waals surface area (Å²) in [6, 6.07) is 8.30. The number of nitrogens with zero attached hydrogens (tertiary/aromatic N) is 4. The largest absolute Gasteiger partial charge is 0.361 e. The monoisotopic (exact) mass is 357 g/mol. The quantitative estimate of drug-likeness (QED) is 0.564. The Morgan fingerprint density at radius 2 is 1.80 bits per heavy atom. The molecule has 6 nitrogen and oxygen atoms in total. The molecule has 3 rings (SSSR count). The molecule has 0 aliphatic rings. The van der Waals surface area contributed by atoms with Gasteiger partial charge in [-0.05, 0) is 24.8 Å². The summed E-state index contributed by atoms with van der Waals surface area (Å²) in [6.45, 7) is 10.4. The van der Waals surface area contributed by atoms with E-state index < -0.39 is 0 Å². The van der Waals surface area contributed by atoms with Crippen molar-refractivity contribution in [2.24, 2.45) is 0 Å². The summed E-state index contributed by atoms with van der Waals surface area (Å²) in [4.78, 5) is 0. The summed E-state index contributed by atoms with van der Waals surface area (Å²) in [5, 5.41) is 13.1. The molecule has 0 spiro atoms. The zero-order chi connectivity index (χ0) is 18.2. The van der Waals surface area contributed by atoms with Crippen LogP contribution < -0.4 is 5.84 Å². The van der Waals surface area contributed by atoms with E-state index in [9.17, 15) is 0 Å². The van der Waals surface area contributed by atoms with Gasteiger partial charge in [0.25, 0.3) is 0 Å². The summed E-state index contributed by atoms with van der Waals surface area (Å²) >= 11 is 1.52. The normalized spacial score (nSPS) is 11.9. The first-order valence-corrected chi connectivity index (χ1v) is 9.12. The summed E-state index contributed by atoms with van der Waals surface area (Å²) in [6.07, 6.45) is 0. The highest BCUT2D eigenvalue weighted by Gasteiger charge is 2.17. The van der Waals surface area contributed by atoms with E-state index in [1.54, 1.807) is 0 Å². The number of benzene rings is 1. The van der Waals surface area contributed by atoms with Crippen molar-refractivity contribution in [1.82, 2.24) is 20.0 Å². The van der Waals surface area contributed by atoms with Crippen molar-refractivity contribution >= 4 is 11.8 Å². The predicted molar refractivity (Wildman–Crippen MR) is 99.8 cm³/mol. The Kier molecular flexibility index (Phi) is 4.60. The summed E-state index contributed by atoms with van der Waals surface area (Å²) in [7, 11) is 0. The Hall–Kier alpha value is -2.28. The average molecular weight is 357 g/mol. The fourth-order valence-electron chi connectivity index (χ4n) is 2.54. The van der Waals surface area contributed by atoms with Crippen LogP contribution in [0.1, 0.15) is 43.4 Å². The first kappa shape index (κ1) is 17.5. The number of hydrogen-bond acceptors (Lipinski definition) is 6. The lowest BCUT2D eigenvalue weighted by Gasteiger charge is -2.19. The van der Waals surface area contributed by atoms with Crippen LogP contribution >= 0.6 is 11.8 Å². The molecule has 25 heavy (non-hydrogen) atoms. The van der Waals surface area contributed by atoms with Gasteiger partial charge in [-0.2, -0.15) is 0 Å². The minimum absolute atomic E-state index is 0.115. The molecular weight excluding hydrogens is 334 g/mol. The molecule has 0 unspecified atom stereocenters. The standard InChI is InChI=1S/C18H23N5OS/c1-11-15(12(2)24-22-11)10-25-17-21-20-16(23(17)19)13-6-8-14(9-7-13)18(3,4)5/h6-9H,10,19H2,1-5H3. The molecule has 0 atom stereocenters.